The van der Waals surface area contributed by atoms with Gasteiger partial charge in [-0.2, -0.15) is 0 Å². The highest BCUT2D eigenvalue weighted by Crippen LogP contribution is 2.42. The van der Waals surface area contributed by atoms with E-state index < -0.39 is 25.4 Å². The number of imide groups is 1. The minimum Gasteiger partial charge on any atom is -0.496 e. The summed E-state index contributed by atoms with van der Waals surface area (Å²) in [6.45, 7) is -0.0966. The molecule has 1 aliphatic heterocycles. The van der Waals surface area contributed by atoms with Crippen LogP contribution in [0.25, 0.3) is 11.0 Å². The van der Waals surface area contributed by atoms with Gasteiger partial charge in [0.2, 0.25) is 11.8 Å². The van der Waals surface area contributed by atoms with Crippen LogP contribution in [0.3, 0.4) is 0 Å². The largest absolute Gasteiger partial charge is 0.524 e. The number of hydrogen-bond acceptors (Lipinski definition) is 11. The molecule has 3 N–H and O–H groups in total. The standard InChI is InChI=1S/C28H29N4O11P/c1-40-22-14-17(43-44(37,38)39)15-23(41-2)18(22)16-42-28-27(30-19-6-3-4-7-20(19)31-28)21(33)8-5-12-29-24(34)11-13-32-25(35)9-10-26(32)36/h3-4,6-7,9-10,14-15H,5,8,11-13,16H2,1-2H3,(H,29,34)(H2,37,38,39). The van der Waals surface area contributed by atoms with E-state index in [1.807, 2.05) is 0 Å². The molecule has 232 valence electrons. The summed E-state index contributed by atoms with van der Waals surface area (Å²) in [6.07, 6.45) is 2.49. The first-order valence-corrected chi connectivity index (χ1v) is 14.7. The Bertz CT molecular complexity index is 1630. The summed E-state index contributed by atoms with van der Waals surface area (Å²) >= 11 is 0. The van der Waals surface area contributed by atoms with Crippen molar-refractivity contribution in [2.24, 2.45) is 0 Å². The van der Waals surface area contributed by atoms with Crippen molar-refractivity contribution < 1.29 is 52.3 Å². The fourth-order valence-electron chi connectivity index (χ4n) is 4.25. The van der Waals surface area contributed by atoms with Gasteiger partial charge < -0.3 is 24.1 Å². The number of phosphoric acid groups is 1. The Morgan fingerprint density at radius 1 is 0.955 bits per heavy atom. The summed E-state index contributed by atoms with van der Waals surface area (Å²) in [6, 6.07) is 9.41. The lowest BCUT2D eigenvalue weighted by Gasteiger charge is -2.17. The number of ketones is 1. The topological polar surface area (TPSA) is 204 Å². The van der Waals surface area contributed by atoms with Crippen molar-refractivity contribution in [3.05, 3.63) is 59.8 Å². The second-order valence-electron chi connectivity index (χ2n) is 9.33. The SMILES string of the molecule is COc1cc(OP(=O)(O)O)cc(OC)c1COc1nc2ccccc2nc1C(=O)CCCNC(=O)CCN1C(=O)C=CC1=O. The first kappa shape index (κ1) is 32.1. The lowest BCUT2D eigenvalue weighted by atomic mass is 10.1. The van der Waals surface area contributed by atoms with Gasteiger partial charge in [-0.1, -0.05) is 12.1 Å². The Labute approximate surface area is 251 Å². The second-order valence-corrected chi connectivity index (χ2v) is 10.5. The van der Waals surface area contributed by atoms with Crippen LogP contribution in [0, 0.1) is 0 Å². The quantitative estimate of drug-likeness (QED) is 0.0956. The lowest BCUT2D eigenvalue weighted by molar-refractivity contribution is -0.137. The molecule has 15 nitrogen and oxygen atoms in total. The number of benzene rings is 2. The highest BCUT2D eigenvalue weighted by atomic mass is 31.2. The Kier molecular flexibility index (Phi) is 10.3. The molecule has 0 saturated carbocycles. The van der Waals surface area contributed by atoms with Gasteiger partial charge in [0.15, 0.2) is 11.5 Å². The van der Waals surface area contributed by atoms with Crippen molar-refractivity contribution in [3.8, 4) is 23.1 Å². The van der Waals surface area contributed by atoms with Gasteiger partial charge in [0.25, 0.3) is 11.8 Å². The van der Waals surface area contributed by atoms with E-state index in [0.717, 1.165) is 17.1 Å². The fourth-order valence-corrected chi connectivity index (χ4v) is 4.63. The Morgan fingerprint density at radius 3 is 2.16 bits per heavy atom. The highest BCUT2D eigenvalue weighted by Gasteiger charge is 2.24. The average molecular weight is 629 g/mol. The van der Waals surface area contributed by atoms with Gasteiger partial charge in [-0.3, -0.25) is 33.9 Å². The van der Waals surface area contributed by atoms with E-state index in [1.165, 1.54) is 26.4 Å². The van der Waals surface area contributed by atoms with Gasteiger partial charge in [0.05, 0.1) is 30.8 Å². The van der Waals surface area contributed by atoms with E-state index in [4.69, 9.17) is 24.0 Å². The van der Waals surface area contributed by atoms with Crippen molar-refractivity contribution in [2.75, 3.05) is 27.3 Å². The molecule has 0 spiro atoms. The number of rotatable bonds is 15. The van der Waals surface area contributed by atoms with Gasteiger partial charge >= 0.3 is 7.82 Å². The maximum atomic E-state index is 13.2. The molecule has 0 fully saturated rings. The van der Waals surface area contributed by atoms with Crippen molar-refractivity contribution >= 4 is 42.4 Å². The predicted molar refractivity (Wildman–Crippen MR) is 153 cm³/mol. The van der Waals surface area contributed by atoms with Gasteiger partial charge in [0, 0.05) is 50.2 Å². The van der Waals surface area contributed by atoms with Crippen LogP contribution in [-0.4, -0.2) is 75.5 Å². The zero-order valence-corrected chi connectivity index (χ0v) is 24.6. The molecule has 16 heteroatoms. The Balaban J connectivity index is 1.44. The zero-order chi connectivity index (χ0) is 31.9. The molecule has 2 heterocycles. The number of ether oxygens (including phenoxy) is 3. The molecule has 0 unspecified atom stereocenters. The average Bonchev–Trinajstić information content (AvgIpc) is 3.31. The van der Waals surface area contributed by atoms with E-state index >= 15 is 0 Å². The summed E-state index contributed by atoms with van der Waals surface area (Å²) in [5, 5.41) is 2.66. The fraction of sp³-hybridized carbons (Fsp3) is 0.286. The van der Waals surface area contributed by atoms with E-state index in [1.54, 1.807) is 24.3 Å². The van der Waals surface area contributed by atoms with Gasteiger partial charge in [0.1, 0.15) is 23.9 Å². The van der Waals surface area contributed by atoms with E-state index in [9.17, 15) is 23.7 Å². The zero-order valence-electron chi connectivity index (χ0n) is 23.7. The number of amides is 3. The van der Waals surface area contributed by atoms with Crippen molar-refractivity contribution in [1.29, 1.82) is 0 Å². The second kappa shape index (κ2) is 14.1. The van der Waals surface area contributed by atoms with Gasteiger partial charge in [-0.05, 0) is 18.6 Å². The molecule has 44 heavy (non-hydrogen) atoms. The highest BCUT2D eigenvalue weighted by molar-refractivity contribution is 7.46. The lowest BCUT2D eigenvalue weighted by Crippen LogP contribution is -2.35. The third kappa shape index (κ3) is 8.16. The number of nitrogens with zero attached hydrogens (tertiary/aromatic N) is 3. The minimum absolute atomic E-state index is 0.00225. The van der Waals surface area contributed by atoms with Gasteiger partial charge in [-0.15, -0.1) is 0 Å². The summed E-state index contributed by atoms with van der Waals surface area (Å²) in [7, 11) is -2.17. The number of carbonyl (C=O) groups is 4. The number of fused-ring (bicyclic) bond motifs is 1. The van der Waals surface area contributed by atoms with Crippen LogP contribution >= 0.6 is 7.82 Å². The van der Waals surface area contributed by atoms with Crippen molar-refractivity contribution in [3.63, 3.8) is 0 Å². The molecule has 0 radical (unpaired) electrons. The Morgan fingerprint density at radius 2 is 1.57 bits per heavy atom. The molecule has 4 rings (SSSR count). The molecule has 3 aromatic rings. The molecule has 3 amide bonds. The first-order valence-electron chi connectivity index (χ1n) is 13.2. The van der Waals surface area contributed by atoms with Gasteiger partial charge in [-0.25, -0.2) is 14.5 Å². The first-order chi connectivity index (χ1) is 21.0. The van der Waals surface area contributed by atoms with Crippen molar-refractivity contribution in [2.45, 2.75) is 25.9 Å². The third-order valence-corrected chi connectivity index (χ3v) is 6.78. The number of aromatic nitrogens is 2. The van der Waals surface area contributed by atoms with Crippen LogP contribution in [0.1, 0.15) is 35.3 Å². The summed E-state index contributed by atoms with van der Waals surface area (Å²) in [5.41, 5.74) is 1.25. The van der Waals surface area contributed by atoms with E-state index in [2.05, 4.69) is 19.8 Å². The maximum absolute atomic E-state index is 13.2. The van der Waals surface area contributed by atoms with Crippen molar-refractivity contribution in [1.82, 2.24) is 20.2 Å². The summed E-state index contributed by atoms with van der Waals surface area (Å²) in [5.74, 6) is -1.68. The monoisotopic (exact) mass is 628 g/mol. The molecule has 0 atom stereocenters. The number of para-hydroxylation sites is 2. The number of Topliss-reactive ketones (excluding diaryl/α,β-unsaturated/α-hetero) is 1. The predicted octanol–water partition coefficient (Wildman–Crippen LogP) is 2.09. The van der Waals surface area contributed by atoms with Crippen LogP contribution in [0.5, 0.6) is 23.1 Å². The number of phosphoric ester groups is 1. The van der Waals surface area contributed by atoms with Crippen LogP contribution in [0.2, 0.25) is 0 Å². The van der Waals surface area contributed by atoms with E-state index in [0.29, 0.717) is 16.6 Å². The molecule has 1 aromatic heterocycles. The molecule has 1 aliphatic rings. The molecular weight excluding hydrogens is 599 g/mol. The normalized spacial score (nSPS) is 12.9. The number of methoxy groups -OCH3 is 2. The Hall–Kier alpha value is -4.85. The van der Waals surface area contributed by atoms with Crippen LogP contribution < -0.4 is 24.1 Å². The molecule has 2 aromatic carbocycles. The van der Waals surface area contributed by atoms with Crippen LogP contribution in [-0.2, 0) is 25.6 Å². The summed E-state index contributed by atoms with van der Waals surface area (Å²) < 4.78 is 32.6. The maximum Gasteiger partial charge on any atom is 0.524 e. The smallest absolute Gasteiger partial charge is 0.496 e. The molecular formula is C28H29N4O11P. The number of carbonyl (C=O) groups excluding carboxylic acids is 4. The molecule has 0 bridgehead atoms. The number of hydrogen-bond donors (Lipinski definition) is 3. The third-order valence-electron chi connectivity index (χ3n) is 6.33. The minimum atomic E-state index is -4.85. The molecule has 0 aliphatic carbocycles. The van der Waals surface area contributed by atoms with Crippen LogP contribution in [0.4, 0.5) is 0 Å². The molecule has 0 saturated heterocycles. The number of nitrogens with one attached hydrogen (secondary N) is 1. The van der Waals surface area contributed by atoms with Crippen LogP contribution in [0.15, 0.2) is 48.6 Å². The summed E-state index contributed by atoms with van der Waals surface area (Å²) in [4.78, 5) is 76.9. The van der Waals surface area contributed by atoms with E-state index in [-0.39, 0.29) is 73.7 Å².